The molecule has 2 N–H and O–H groups in total. The number of nitrogens with one attached hydrogen (secondary N) is 2. The maximum atomic E-state index is 5.81. The molecule has 0 saturated carbocycles. The maximum Gasteiger partial charge on any atom is 0.191 e. The molecule has 1 aliphatic rings. The fourth-order valence-corrected chi connectivity index (χ4v) is 4.02. The minimum Gasteiger partial charge on any atom is -0.378 e. The van der Waals surface area contributed by atoms with Crippen molar-refractivity contribution >= 4 is 22.3 Å². The third-order valence-corrected chi connectivity index (χ3v) is 5.65. The third kappa shape index (κ3) is 6.51. The molecule has 0 bridgehead atoms. The Balaban J connectivity index is 1.70. The van der Waals surface area contributed by atoms with E-state index in [4.69, 9.17) is 4.74 Å². The summed E-state index contributed by atoms with van der Waals surface area (Å²) in [5.74, 6) is 1.45. The van der Waals surface area contributed by atoms with Crippen molar-refractivity contribution in [2.24, 2.45) is 10.9 Å². The number of ether oxygens (including phenoxy) is 1. The fraction of sp³-hybridized carbons (Fsp3) is 0.737. The molecule has 1 unspecified atom stereocenters. The number of rotatable bonds is 8. The van der Waals surface area contributed by atoms with Crippen molar-refractivity contribution in [3.63, 3.8) is 0 Å². The highest BCUT2D eigenvalue weighted by Crippen LogP contribution is 2.24. The van der Waals surface area contributed by atoms with Crippen molar-refractivity contribution in [2.75, 3.05) is 38.2 Å². The first-order valence-electron chi connectivity index (χ1n) is 9.51. The second-order valence-corrected chi connectivity index (χ2v) is 7.81. The monoisotopic (exact) mass is 366 g/mol. The summed E-state index contributed by atoms with van der Waals surface area (Å²) >= 11 is 1.83. The molecular formula is C19H34N4OS. The van der Waals surface area contributed by atoms with Crippen LogP contribution in [0.15, 0.2) is 22.5 Å². The van der Waals surface area contributed by atoms with Crippen LogP contribution in [0.4, 0.5) is 5.00 Å². The zero-order valence-electron chi connectivity index (χ0n) is 16.1. The van der Waals surface area contributed by atoms with Gasteiger partial charge in [-0.3, -0.25) is 4.99 Å². The Labute approximate surface area is 156 Å². The van der Waals surface area contributed by atoms with Crippen LogP contribution in [0.5, 0.6) is 0 Å². The lowest BCUT2D eigenvalue weighted by Gasteiger charge is -2.33. The van der Waals surface area contributed by atoms with E-state index in [2.05, 4.69) is 58.8 Å². The summed E-state index contributed by atoms with van der Waals surface area (Å²) in [7, 11) is 1.85. The average molecular weight is 367 g/mol. The molecule has 1 aromatic rings. The second-order valence-electron chi connectivity index (χ2n) is 6.88. The van der Waals surface area contributed by atoms with Gasteiger partial charge in [-0.15, -0.1) is 11.3 Å². The van der Waals surface area contributed by atoms with Crippen LogP contribution in [-0.4, -0.2) is 51.4 Å². The van der Waals surface area contributed by atoms with Gasteiger partial charge in [-0.25, -0.2) is 0 Å². The predicted molar refractivity (Wildman–Crippen MR) is 109 cm³/mol. The van der Waals surface area contributed by atoms with Gasteiger partial charge in [-0.05, 0) is 49.6 Å². The van der Waals surface area contributed by atoms with Gasteiger partial charge in [0, 0.05) is 39.3 Å². The van der Waals surface area contributed by atoms with Crippen molar-refractivity contribution < 1.29 is 4.74 Å². The molecule has 1 aromatic heterocycles. The van der Waals surface area contributed by atoms with Gasteiger partial charge in [-0.1, -0.05) is 13.8 Å². The summed E-state index contributed by atoms with van der Waals surface area (Å²) in [4.78, 5) is 6.86. The number of piperidine rings is 1. The van der Waals surface area contributed by atoms with Crippen LogP contribution < -0.4 is 15.5 Å². The van der Waals surface area contributed by atoms with E-state index in [-0.39, 0.29) is 0 Å². The van der Waals surface area contributed by atoms with Crippen molar-refractivity contribution in [1.82, 2.24) is 10.6 Å². The number of guanidine groups is 1. The highest BCUT2D eigenvalue weighted by atomic mass is 32.1. The fourth-order valence-electron chi connectivity index (χ4n) is 3.24. The first-order chi connectivity index (χ1) is 12.1. The zero-order valence-corrected chi connectivity index (χ0v) is 16.9. The quantitative estimate of drug-likeness (QED) is 0.547. The molecule has 5 nitrogen and oxygen atoms in total. The lowest BCUT2D eigenvalue weighted by atomic mass is 10.0. The number of anilines is 1. The standard InChI is InChI=1S/C19H34N4OS/c1-5-24-17(15(2)3)8-11-21-19(20-4)22-16-9-12-23(13-10-16)18-7-6-14-25-18/h6-7,14-17H,5,8-13H2,1-4H3,(H2,20,21,22). The second kappa shape index (κ2) is 10.7. The number of aliphatic imine (C=N–C) groups is 1. The maximum absolute atomic E-state index is 5.81. The highest BCUT2D eigenvalue weighted by Gasteiger charge is 2.21. The van der Waals surface area contributed by atoms with Gasteiger partial charge in [0.15, 0.2) is 5.96 Å². The lowest BCUT2D eigenvalue weighted by molar-refractivity contribution is 0.0258. The SMILES string of the molecule is CCOC(CCNC(=NC)NC1CCN(c2cccs2)CC1)C(C)C. The van der Waals surface area contributed by atoms with E-state index >= 15 is 0 Å². The van der Waals surface area contributed by atoms with Gasteiger partial charge in [0.2, 0.25) is 0 Å². The van der Waals surface area contributed by atoms with Crippen LogP contribution in [0, 0.1) is 5.92 Å². The third-order valence-electron chi connectivity index (χ3n) is 4.72. The van der Waals surface area contributed by atoms with Gasteiger partial charge in [0.25, 0.3) is 0 Å². The molecule has 0 spiro atoms. The normalized spacial score (nSPS) is 17.8. The van der Waals surface area contributed by atoms with E-state index in [0.717, 1.165) is 51.5 Å². The summed E-state index contributed by atoms with van der Waals surface area (Å²) in [5.41, 5.74) is 0. The van der Waals surface area contributed by atoms with Crippen molar-refractivity contribution in [2.45, 2.75) is 52.2 Å². The van der Waals surface area contributed by atoms with E-state index in [0.29, 0.717) is 18.1 Å². The number of thiophene rings is 1. The minimum atomic E-state index is 0.310. The van der Waals surface area contributed by atoms with Crippen LogP contribution in [0.2, 0.25) is 0 Å². The first-order valence-corrected chi connectivity index (χ1v) is 10.4. The summed E-state index contributed by atoms with van der Waals surface area (Å²) in [5, 5.41) is 10.6. The lowest BCUT2D eigenvalue weighted by Crippen LogP contribution is -2.49. The van der Waals surface area contributed by atoms with Crippen LogP contribution in [0.1, 0.15) is 40.0 Å². The molecule has 2 rings (SSSR count). The molecule has 0 radical (unpaired) electrons. The zero-order chi connectivity index (χ0) is 18.1. The van der Waals surface area contributed by atoms with E-state index in [9.17, 15) is 0 Å². The summed E-state index contributed by atoms with van der Waals surface area (Å²) in [6, 6.07) is 4.83. The topological polar surface area (TPSA) is 48.9 Å². The molecule has 2 heterocycles. The van der Waals surface area contributed by atoms with Crippen LogP contribution in [0.3, 0.4) is 0 Å². The van der Waals surface area contributed by atoms with Crippen LogP contribution in [0.25, 0.3) is 0 Å². The first kappa shape index (κ1) is 20.0. The smallest absolute Gasteiger partial charge is 0.191 e. The molecule has 0 amide bonds. The van der Waals surface area contributed by atoms with Crippen molar-refractivity contribution in [3.05, 3.63) is 17.5 Å². The van der Waals surface area contributed by atoms with E-state index in [1.807, 2.05) is 18.4 Å². The number of hydrogen-bond donors (Lipinski definition) is 2. The highest BCUT2D eigenvalue weighted by molar-refractivity contribution is 7.14. The molecule has 142 valence electrons. The van der Waals surface area contributed by atoms with Gasteiger partial charge in [-0.2, -0.15) is 0 Å². The molecule has 25 heavy (non-hydrogen) atoms. The van der Waals surface area contributed by atoms with Gasteiger partial charge < -0.3 is 20.3 Å². The largest absolute Gasteiger partial charge is 0.378 e. The molecule has 6 heteroatoms. The van der Waals surface area contributed by atoms with Gasteiger partial charge in [0.1, 0.15) is 0 Å². The summed E-state index contributed by atoms with van der Waals surface area (Å²) < 4.78 is 5.81. The predicted octanol–water partition coefficient (Wildman–Crippen LogP) is 3.33. The molecule has 0 aliphatic carbocycles. The molecular weight excluding hydrogens is 332 g/mol. The summed E-state index contributed by atoms with van der Waals surface area (Å²) in [6.45, 7) is 10.4. The minimum absolute atomic E-state index is 0.310. The molecule has 1 fully saturated rings. The molecule has 1 atom stereocenters. The number of hydrogen-bond acceptors (Lipinski definition) is 4. The van der Waals surface area contributed by atoms with Gasteiger partial charge in [0.05, 0.1) is 11.1 Å². The molecule has 1 aliphatic heterocycles. The number of nitrogens with zero attached hydrogens (tertiary/aromatic N) is 2. The van der Waals surface area contributed by atoms with E-state index in [1.165, 1.54) is 5.00 Å². The Morgan fingerprint density at radius 3 is 2.72 bits per heavy atom. The Morgan fingerprint density at radius 1 is 1.40 bits per heavy atom. The Hall–Kier alpha value is -1.27. The Morgan fingerprint density at radius 2 is 2.16 bits per heavy atom. The van der Waals surface area contributed by atoms with Crippen molar-refractivity contribution in [3.8, 4) is 0 Å². The van der Waals surface area contributed by atoms with Crippen molar-refractivity contribution in [1.29, 1.82) is 0 Å². The Kier molecular flexibility index (Phi) is 8.55. The van der Waals surface area contributed by atoms with Gasteiger partial charge >= 0.3 is 0 Å². The molecule has 0 aromatic carbocycles. The average Bonchev–Trinajstić information content (AvgIpc) is 3.15. The van der Waals surface area contributed by atoms with Crippen LogP contribution in [-0.2, 0) is 4.74 Å². The van der Waals surface area contributed by atoms with E-state index < -0.39 is 0 Å². The van der Waals surface area contributed by atoms with E-state index in [1.54, 1.807) is 0 Å². The van der Waals surface area contributed by atoms with Crippen LogP contribution >= 0.6 is 11.3 Å². The molecule has 1 saturated heterocycles. The summed E-state index contributed by atoms with van der Waals surface area (Å²) in [6.07, 6.45) is 3.60. The Bertz CT molecular complexity index is 496.